The highest BCUT2D eigenvalue weighted by Crippen LogP contribution is 2.38. The summed E-state index contributed by atoms with van der Waals surface area (Å²) in [6.45, 7) is 13.2. The van der Waals surface area contributed by atoms with Crippen molar-refractivity contribution in [1.82, 2.24) is 19.1 Å². The van der Waals surface area contributed by atoms with E-state index in [-0.39, 0.29) is 19.1 Å². The quantitative estimate of drug-likeness (QED) is 0.175. The molecule has 0 unspecified atom stereocenters. The lowest BCUT2D eigenvalue weighted by atomic mass is 10.1. The Labute approximate surface area is 245 Å². The lowest BCUT2D eigenvalue weighted by Crippen LogP contribution is -2.26. The third-order valence-electron chi connectivity index (χ3n) is 6.95. The van der Waals surface area contributed by atoms with Gasteiger partial charge in [0.05, 0.1) is 13.0 Å². The Hall–Kier alpha value is -3.77. The highest BCUT2D eigenvalue weighted by atomic mass is 28.3. The molecule has 1 amide bonds. The topological polar surface area (TPSA) is 110 Å². The molecule has 1 fully saturated rings. The smallest absolute Gasteiger partial charge is 0.420 e. The first-order chi connectivity index (χ1) is 19.7. The van der Waals surface area contributed by atoms with Crippen molar-refractivity contribution in [3.8, 4) is 17.0 Å². The normalized spacial score (nSPS) is 17.0. The molecule has 10 nitrogen and oxygen atoms in total. The van der Waals surface area contributed by atoms with Crippen molar-refractivity contribution in [3.63, 3.8) is 0 Å². The second-order valence-electron chi connectivity index (χ2n) is 12.9. The van der Waals surface area contributed by atoms with Crippen LogP contribution in [0.5, 0.6) is 5.88 Å². The van der Waals surface area contributed by atoms with Crippen LogP contribution in [-0.2, 0) is 21.0 Å². The Kier molecular flexibility index (Phi) is 7.88. The number of amides is 1. The number of carbonyl (C=O) groups is 2. The molecule has 0 aliphatic heterocycles. The molecule has 4 aromatic rings. The molecule has 4 aromatic heterocycles. The molecule has 0 radical (unpaired) electrons. The first-order valence-corrected chi connectivity index (χ1v) is 17.8. The van der Waals surface area contributed by atoms with E-state index in [1.807, 2.05) is 43.7 Å². The zero-order valence-corrected chi connectivity index (χ0v) is 26.2. The number of hydrogen-bond acceptors (Lipinski definition) is 7. The Morgan fingerprint density at radius 1 is 1.12 bits per heavy atom. The van der Waals surface area contributed by atoms with Gasteiger partial charge in [0.15, 0.2) is 5.65 Å². The van der Waals surface area contributed by atoms with Crippen LogP contribution >= 0.6 is 0 Å². The third kappa shape index (κ3) is 6.49. The van der Waals surface area contributed by atoms with Crippen LogP contribution in [0.1, 0.15) is 27.2 Å². The predicted octanol–water partition coefficient (Wildman–Crippen LogP) is 6.45. The number of nitrogens with zero attached hydrogens (tertiary/aromatic N) is 4. The van der Waals surface area contributed by atoms with Crippen LogP contribution < -0.4 is 10.1 Å². The molecule has 0 aromatic carbocycles. The standard InChI is InChI=1S/C30H38FN5O5Si/c1-30(2,3)41-29(38)36-11-10-18-14-20(28(39-4)34-25(18)36)22-16-35(17-40-12-13-42(5,6)7)26-19(22)8-9-24(32-26)33-27(37)21-15-23(21)31/h8-11,14,16,21,23H,12-13,15,17H2,1-7H3,(H,32,33,37)/t21-,23+/m1/s1. The number of ether oxygens (including phenoxy) is 3. The Balaban J connectivity index is 1.54. The minimum atomic E-state index is -1.28. The van der Waals surface area contributed by atoms with Gasteiger partial charge in [0, 0.05) is 49.0 Å². The van der Waals surface area contributed by atoms with Crippen LogP contribution in [-0.4, -0.2) is 64.7 Å². The summed E-state index contributed by atoms with van der Waals surface area (Å²) >= 11 is 0. The number of pyridine rings is 2. The summed E-state index contributed by atoms with van der Waals surface area (Å²) in [5.74, 6) is -0.325. The summed E-state index contributed by atoms with van der Waals surface area (Å²) in [4.78, 5) is 34.6. The van der Waals surface area contributed by atoms with Gasteiger partial charge in [-0.2, -0.15) is 4.98 Å². The molecule has 12 heteroatoms. The minimum absolute atomic E-state index is 0.241. The summed E-state index contributed by atoms with van der Waals surface area (Å²) in [6.07, 6.45) is 2.17. The molecule has 1 saturated carbocycles. The van der Waals surface area contributed by atoms with Crippen LogP contribution in [0.2, 0.25) is 25.7 Å². The lowest BCUT2D eigenvalue weighted by Gasteiger charge is -2.19. The average Bonchev–Trinajstić information content (AvgIpc) is 3.33. The van der Waals surface area contributed by atoms with Gasteiger partial charge in [-0.15, -0.1) is 0 Å². The summed E-state index contributed by atoms with van der Waals surface area (Å²) in [7, 11) is 0.247. The molecule has 0 bridgehead atoms. The molecule has 1 aliphatic rings. The number of anilines is 1. The number of fused-ring (bicyclic) bond motifs is 2. The van der Waals surface area contributed by atoms with E-state index < -0.39 is 31.9 Å². The van der Waals surface area contributed by atoms with Crippen molar-refractivity contribution in [2.24, 2.45) is 5.92 Å². The molecule has 4 heterocycles. The fourth-order valence-electron chi connectivity index (χ4n) is 4.59. The van der Waals surface area contributed by atoms with Crippen molar-refractivity contribution in [2.45, 2.75) is 71.4 Å². The van der Waals surface area contributed by atoms with Gasteiger partial charge in [-0.25, -0.2) is 18.7 Å². The van der Waals surface area contributed by atoms with Gasteiger partial charge in [-0.3, -0.25) is 4.79 Å². The molecule has 2 atom stereocenters. The molecule has 0 saturated heterocycles. The second kappa shape index (κ2) is 11.1. The molecule has 0 spiro atoms. The van der Waals surface area contributed by atoms with E-state index in [1.165, 1.54) is 11.7 Å². The number of carbonyl (C=O) groups excluding carboxylic acids is 2. The number of methoxy groups -OCH3 is 1. The van der Waals surface area contributed by atoms with E-state index in [2.05, 4.69) is 29.9 Å². The largest absolute Gasteiger partial charge is 0.480 e. The minimum Gasteiger partial charge on any atom is -0.480 e. The number of hydrogen-bond donors (Lipinski definition) is 1. The SMILES string of the molecule is COc1nc2c(ccn2C(=O)OC(C)(C)C)cc1-c1cn(COCC[Si](C)(C)C)c2nc(NC(=O)[C@@H]3C[C@@H]3F)ccc12. The van der Waals surface area contributed by atoms with Crippen LogP contribution in [0, 0.1) is 5.92 Å². The number of halogens is 1. The van der Waals surface area contributed by atoms with Gasteiger partial charge < -0.3 is 24.1 Å². The van der Waals surface area contributed by atoms with E-state index in [0.717, 1.165) is 22.4 Å². The van der Waals surface area contributed by atoms with Gasteiger partial charge >= 0.3 is 6.09 Å². The van der Waals surface area contributed by atoms with E-state index in [1.54, 1.807) is 18.3 Å². The highest BCUT2D eigenvalue weighted by molar-refractivity contribution is 6.76. The monoisotopic (exact) mass is 595 g/mol. The maximum absolute atomic E-state index is 13.5. The highest BCUT2D eigenvalue weighted by Gasteiger charge is 2.43. The van der Waals surface area contributed by atoms with Gasteiger partial charge in [0.25, 0.3) is 0 Å². The number of nitrogens with one attached hydrogen (secondary N) is 1. The first-order valence-electron chi connectivity index (χ1n) is 14.1. The van der Waals surface area contributed by atoms with Crippen LogP contribution in [0.15, 0.2) is 36.7 Å². The summed E-state index contributed by atoms with van der Waals surface area (Å²) < 4.78 is 34.0. The third-order valence-corrected chi connectivity index (χ3v) is 8.65. The zero-order chi connectivity index (χ0) is 30.4. The van der Waals surface area contributed by atoms with Crippen molar-refractivity contribution >= 4 is 48.0 Å². The van der Waals surface area contributed by atoms with Crippen LogP contribution in [0.3, 0.4) is 0 Å². The van der Waals surface area contributed by atoms with Crippen molar-refractivity contribution in [2.75, 3.05) is 19.0 Å². The van der Waals surface area contributed by atoms with Gasteiger partial charge in [0.2, 0.25) is 11.8 Å². The summed E-state index contributed by atoms with van der Waals surface area (Å²) in [6, 6.07) is 8.30. The maximum atomic E-state index is 13.5. The Morgan fingerprint density at radius 3 is 2.50 bits per heavy atom. The van der Waals surface area contributed by atoms with Gasteiger partial charge in [-0.1, -0.05) is 19.6 Å². The van der Waals surface area contributed by atoms with Crippen molar-refractivity contribution in [3.05, 3.63) is 36.7 Å². The van der Waals surface area contributed by atoms with Gasteiger partial charge in [0.1, 0.15) is 30.0 Å². The first kappa shape index (κ1) is 29.7. The van der Waals surface area contributed by atoms with Crippen molar-refractivity contribution < 1.29 is 28.2 Å². The molecule has 5 rings (SSSR count). The predicted molar refractivity (Wildman–Crippen MR) is 162 cm³/mol. The number of aromatic nitrogens is 4. The molecule has 1 aliphatic carbocycles. The van der Waals surface area contributed by atoms with E-state index in [4.69, 9.17) is 19.2 Å². The Morgan fingerprint density at radius 2 is 1.86 bits per heavy atom. The Bertz CT molecular complexity index is 1650. The van der Waals surface area contributed by atoms with E-state index in [0.29, 0.717) is 35.2 Å². The van der Waals surface area contributed by atoms with Crippen LogP contribution in [0.25, 0.3) is 33.2 Å². The maximum Gasteiger partial charge on any atom is 0.420 e. The van der Waals surface area contributed by atoms with E-state index >= 15 is 0 Å². The summed E-state index contributed by atoms with van der Waals surface area (Å²) in [5, 5.41) is 4.27. The molecule has 42 heavy (non-hydrogen) atoms. The van der Waals surface area contributed by atoms with Crippen LogP contribution in [0.4, 0.5) is 15.0 Å². The molecule has 224 valence electrons. The van der Waals surface area contributed by atoms with Gasteiger partial charge in [-0.05, 0) is 57.5 Å². The van der Waals surface area contributed by atoms with Crippen molar-refractivity contribution in [1.29, 1.82) is 0 Å². The second-order valence-corrected chi connectivity index (χ2v) is 18.5. The average molecular weight is 596 g/mol. The fraction of sp³-hybridized carbons (Fsp3) is 0.467. The number of rotatable bonds is 9. The number of alkyl halides is 1. The summed E-state index contributed by atoms with van der Waals surface area (Å²) in [5.41, 5.74) is 1.85. The zero-order valence-electron chi connectivity index (χ0n) is 25.2. The lowest BCUT2D eigenvalue weighted by molar-refractivity contribution is -0.117. The molecular weight excluding hydrogens is 557 g/mol. The van der Waals surface area contributed by atoms with E-state index in [9.17, 15) is 14.0 Å². The fourth-order valence-corrected chi connectivity index (χ4v) is 5.35. The molecule has 1 N–H and O–H groups in total. The molecular formula is C30H38FN5O5Si.